The van der Waals surface area contributed by atoms with Crippen molar-refractivity contribution in [3.63, 3.8) is 0 Å². The van der Waals surface area contributed by atoms with Gasteiger partial charge in [-0.25, -0.2) is 4.79 Å². The smallest absolute Gasteiger partial charge is 0.330 e. The number of esters is 1. The van der Waals surface area contributed by atoms with E-state index in [1.807, 2.05) is 20.8 Å². The van der Waals surface area contributed by atoms with Crippen LogP contribution >= 0.6 is 21.6 Å². The van der Waals surface area contributed by atoms with Crippen LogP contribution in [-0.2, 0) is 19.1 Å². The molecule has 1 aliphatic heterocycles. The molecule has 0 aromatic heterocycles. The number of rotatable bonds is 1. The summed E-state index contributed by atoms with van der Waals surface area (Å²) >= 11 is 0. The summed E-state index contributed by atoms with van der Waals surface area (Å²) < 4.78 is 5.50. The Balaban J connectivity index is 2.17. The highest BCUT2D eigenvalue weighted by Crippen LogP contribution is 2.41. The lowest BCUT2D eigenvalue weighted by molar-refractivity contribution is -0.158. The molecule has 2 fully saturated rings. The maximum atomic E-state index is 13.1. The van der Waals surface area contributed by atoms with Crippen molar-refractivity contribution in [3.05, 3.63) is 0 Å². The summed E-state index contributed by atoms with van der Waals surface area (Å²) in [6.45, 7) is 5.84. The van der Waals surface area contributed by atoms with Gasteiger partial charge in [-0.1, -0.05) is 34.4 Å². The molecule has 1 aliphatic carbocycles. The lowest BCUT2D eigenvalue weighted by Crippen LogP contribution is -2.51. The monoisotopic (exact) mass is 417 g/mol. The number of nitrogens with one attached hydrogen (secondary N) is 2. The van der Waals surface area contributed by atoms with E-state index in [4.69, 9.17) is 10.5 Å². The average molecular weight is 418 g/mol. The molecule has 2 amide bonds. The highest BCUT2D eigenvalue weighted by molar-refractivity contribution is 8.76. The van der Waals surface area contributed by atoms with Gasteiger partial charge in [0, 0.05) is 18.1 Å². The first-order valence-electron chi connectivity index (χ1n) is 9.44. The summed E-state index contributed by atoms with van der Waals surface area (Å²) in [6, 6.07) is -1.32. The molecule has 0 bridgehead atoms. The zero-order valence-corrected chi connectivity index (χ0v) is 18.0. The summed E-state index contributed by atoms with van der Waals surface area (Å²) in [5.74, 6) is 0.0798. The van der Waals surface area contributed by atoms with Gasteiger partial charge in [-0.3, -0.25) is 9.59 Å². The minimum Gasteiger partial charge on any atom is -0.458 e. The topological polar surface area (TPSA) is 111 Å². The van der Waals surface area contributed by atoms with E-state index in [9.17, 15) is 14.4 Å². The molecule has 0 unspecified atom stereocenters. The Bertz CT molecular complexity index is 559. The van der Waals surface area contributed by atoms with Crippen LogP contribution < -0.4 is 16.4 Å². The van der Waals surface area contributed by atoms with E-state index >= 15 is 0 Å². The molecule has 2 aliphatic rings. The highest BCUT2D eigenvalue weighted by atomic mass is 33.1. The Morgan fingerprint density at radius 3 is 2.41 bits per heavy atom. The summed E-state index contributed by atoms with van der Waals surface area (Å²) in [4.78, 5) is 37.8. The Labute approximate surface area is 169 Å². The SMILES string of the molecule is CC(C)(C)OC(=O)[C@@H]1CSSC[C@H](N)C(=O)NCCC2(CCCC2)C(=O)N1. The Hall–Kier alpha value is -0.930. The Morgan fingerprint density at radius 1 is 1.15 bits per heavy atom. The molecule has 1 saturated heterocycles. The molecule has 4 N–H and O–H groups in total. The number of nitrogens with two attached hydrogens (primary N) is 1. The number of hydrogen-bond acceptors (Lipinski definition) is 7. The van der Waals surface area contributed by atoms with Gasteiger partial charge >= 0.3 is 5.97 Å². The van der Waals surface area contributed by atoms with Gasteiger partial charge in [-0.15, -0.1) is 0 Å². The minimum atomic E-state index is -0.715. The standard InChI is InChI=1S/C18H31N3O4S2/c1-17(2,3)25-15(23)13-11-27-26-10-12(19)14(22)20-9-8-18(16(24)21-13)6-4-5-7-18/h12-13H,4-11,19H2,1-3H3,(H,20,22)(H,21,24)/t12-,13-/m0/s1. The second kappa shape index (κ2) is 9.52. The Morgan fingerprint density at radius 2 is 1.78 bits per heavy atom. The molecule has 0 aromatic rings. The van der Waals surface area contributed by atoms with Crippen LogP contribution in [0.4, 0.5) is 0 Å². The first-order valence-corrected chi connectivity index (χ1v) is 11.9. The lowest BCUT2D eigenvalue weighted by atomic mass is 9.81. The molecule has 1 heterocycles. The van der Waals surface area contributed by atoms with Crippen LogP contribution in [0.15, 0.2) is 0 Å². The fourth-order valence-corrected chi connectivity index (χ4v) is 5.64. The van der Waals surface area contributed by atoms with Crippen LogP contribution in [0.25, 0.3) is 0 Å². The van der Waals surface area contributed by atoms with Crippen LogP contribution in [0, 0.1) is 5.41 Å². The molecule has 1 saturated carbocycles. The van der Waals surface area contributed by atoms with Crippen molar-refractivity contribution < 1.29 is 19.1 Å². The van der Waals surface area contributed by atoms with E-state index in [-0.39, 0.29) is 11.8 Å². The first-order chi connectivity index (χ1) is 12.6. The highest BCUT2D eigenvalue weighted by Gasteiger charge is 2.42. The normalized spacial score (nSPS) is 27.7. The van der Waals surface area contributed by atoms with E-state index in [2.05, 4.69) is 10.6 Å². The molecule has 27 heavy (non-hydrogen) atoms. The first kappa shape index (κ1) is 22.4. The lowest BCUT2D eigenvalue weighted by Gasteiger charge is -2.31. The van der Waals surface area contributed by atoms with Gasteiger partial charge in [-0.2, -0.15) is 0 Å². The second-order valence-corrected chi connectivity index (χ2v) is 10.8. The quantitative estimate of drug-likeness (QED) is 0.439. The molecule has 2 atom stereocenters. The number of amides is 2. The predicted octanol–water partition coefficient (Wildman–Crippen LogP) is 1.60. The van der Waals surface area contributed by atoms with Gasteiger partial charge < -0.3 is 21.1 Å². The zero-order valence-electron chi connectivity index (χ0n) is 16.3. The second-order valence-electron chi connectivity index (χ2n) is 8.26. The molecular weight excluding hydrogens is 386 g/mol. The molecule has 1 spiro atoms. The van der Waals surface area contributed by atoms with Crippen LogP contribution in [0.2, 0.25) is 0 Å². The van der Waals surface area contributed by atoms with Crippen molar-refractivity contribution in [1.82, 2.24) is 10.6 Å². The van der Waals surface area contributed by atoms with Crippen LogP contribution in [0.1, 0.15) is 52.9 Å². The molecule has 0 radical (unpaired) electrons. The van der Waals surface area contributed by atoms with Gasteiger partial charge in [0.05, 0.1) is 11.5 Å². The fraction of sp³-hybridized carbons (Fsp3) is 0.833. The molecular formula is C18H31N3O4S2. The van der Waals surface area contributed by atoms with E-state index in [0.717, 1.165) is 25.7 Å². The number of ether oxygens (including phenoxy) is 1. The van der Waals surface area contributed by atoms with Gasteiger partial charge in [0.15, 0.2) is 0 Å². The zero-order chi connectivity index (χ0) is 20.1. The van der Waals surface area contributed by atoms with E-state index < -0.39 is 29.1 Å². The molecule has 9 heteroatoms. The van der Waals surface area contributed by atoms with Gasteiger partial charge in [-0.05, 0) is 40.0 Å². The number of carbonyl (C=O) groups is 3. The Kier molecular flexibility index (Phi) is 7.88. The number of hydrogen-bond donors (Lipinski definition) is 3. The van der Waals surface area contributed by atoms with E-state index in [0.29, 0.717) is 24.5 Å². The third-order valence-corrected chi connectivity index (χ3v) is 7.29. The minimum absolute atomic E-state index is 0.112. The van der Waals surface area contributed by atoms with Crippen molar-refractivity contribution in [2.24, 2.45) is 11.1 Å². The van der Waals surface area contributed by atoms with Crippen molar-refractivity contribution in [3.8, 4) is 0 Å². The van der Waals surface area contributed by atoms with Crippen molar-refractivity contribution >= 4 is 39.4 Å². The van der Waals surface area contributed by atoms with Gasteiger partial charge in [0.1, 0.15) is 11.6 Å². The maximum absolute atomic E-state index is 13.1. The van der Waals surface area contributed by atoms with Crippen LogP contribution in [0.3, 0.4) is 0 Å². The molecule has 0 aromatic carbocycles. The van der Waals surface area contributed by atoms with Crippen LogP contribution in [0.5, 0.6) is 0 Å². The van der Waals surface area contributed by atoms with Gasteiger partial charge in [0.2, 0.25) is 11.8 Å². The van der Waals surface area contributed by atoms with Crippen molar-refractivity contribution in [2.75, 3.05) is 18.1 Å². The average Bonchev–Trinajstić information content (AvgIpc) is 3.05. The van der Waals surface area contributed by atoms with E-state index in [1.54, 1.807) is 0 Å². The summed E-state index contributed by atoms with van der Waals surface area (Å²) in [5.41, 5.74) is 4.77. The fourth-order valence-electron chi connectivity index (χ4n) is 3.36. The summed E-state index contributed by atoms with van der Waals surface area (Å²) in [5, 5.41) is 5.79. The third kappa shape index (κ3) is 6.57. The molecule has 7 nitrogen and oxygen atoms in total. The molecule has 154 valence electrons. The summed E-state index contributed by atoms with van der Waals surface area (Å²) in [7, 11) is 2.84. The van der Waals surface area contributed by atoms with Crippen LogP contribution in [-0.4, -0.2) is 53.5 Å². The third-order valence-electron chi connectivity index (χ3n) is 4.84. The van der Waals surface area contributed by atoms with Crippen molar-refractivity contribution in [1.29, 1.82) is 0 Å². The maximum Gasteiger partial charge on any atom is 0.330 e. The van der Waals surface area contributed by atoms with Gasteiger partial charge in [0.25, 0.3) is 0 Å². The summed E-state index contributed by atoms with van der Waals surface area (Å²) in [6.07, 6.45) is 4.04. The molecule has 2 rings (SSSR count). The number of carbonyl (C=O) groups excluding carboxylic acids is 3. The van der Waals surface area contributed by atoms with E-state index in [1.165, 1.54) is 21.6 Å². The predicted molar refractivity (Wildman–Crippen MR) is 109 cm³/mol. The largest absolute Gasteiger partial charge is 0.458 e. The van der Waals surface area contributed by atoms with Crippen molar-refractivity contribution in [2.45, 2.75) is 70.6 Å².